The number of carbonyl (C=O) groups excluding carboxylic acids is 1. The molecule has 0 bridgehead atoms. The minimum absolute atomic E-state index is 0.100. The lowest BCUT2D eigenvalue weighted by Gasteiger charge is -2.23. The molecule has 3 N–H and O–H groups in total. The SMILES string of the molecule is CC(C)C(NC(=O)CSc1nnc(-c2cccs2)n1N)c1ccc2c(c1)OCCCO2. The predicted molar refractivity (Wildman–Crippen MR) is 122 cm³/mol. The Kier molecular flexibility index (Phi) is 6.67. The Morgan fingerprint density at radius 1 is 1.26 bits per heavy atom. The molecule has 3 aromatic rings. The fourth-order valence-corrected chi connectivity index (χ4v) is 4.68. The van der Waals surface area contributed by atoms with Gasteiger partial charge < -0.3 is 20.6 Å². The number of fused-ring (bicyclic) bond motifs is 1. The summed E-state index contributed by atoms with van der Waals surface area (Å²) in [5.41, 5.74) is 0.986. The average Bonchev–Trinajstić information content (AvgIpc) is 3.34. The smallest absolute Gasteiger partial charge is 0.230 e. The van der Waals surface area contributed by atoms with Crippen LogP contribution < -0.4 is 20.6 Å². The van der Waals surface area contributed by atoms with Crippen molar-refractivity contribution in [1.82, 2.24) is 20.2 Å². The lowest BCUT2D eigenvalue weighted by atomic mass is 9.95. The molecule has 31 heavy (non-hydrogen) atoms. The lowest BCUT2D eigenvalue weighted by Crippen LogP contribution is -2.33. The zero-order valence-electron chi connectivity index (χ0n) is 17.4. The number of nitrogens with one attached hydrogen (secondary N) is 1. The highest BCUT2D eigenvalue weighted by atomic mass is 32.2. The van der Waals surface area contributed by atoms with Crippen molar-refractivity contribution in [3.63, 3.8) is 0 Å². The average molecular weight is 460 g/mol. The van der Waals surface area contributed by atoms with E-state index < -0.39 is 0 Å². The lowest BCUT2D eigenvalue weighted by molar-refractivity contribution is -0.119. The fourth-order valence-electron chi connectivity index (χ4n) is 3.30. The van der Waals surface area contributed by atoms with Gasteiger partial charge in [0.05, 0.1) is 29.9 Å². The minimum atomic E-state index is -0.150. The second-order valence-electron chi connectivity index (χ2n) is 7.49. The molecule has 0 fully saturated rings. The van der Waals surface area contributed by atoms with E-state index in [1.165, 1.54) is 27.8 Å². The Balaban J connectivity index is 1.41. The van der Waals surface area contributed by atoms with Gasteiger partial charge >= 0.3 is 0 Å². The first-order chi connectivity index (χ1) is 15.0. The van der Waals surface area contributed by atoms with E-state index in [1.54, 1.807) is 0 Å². The number of thioether (sulfide) groups is 1. The molecule has 1 amide bonds. The van der Waals surface area contributed by atoms with Gasteiger partial charge in [-0.3, -0.25) is 4.79 Å². The zero-order valence-corrected chi connectivity index (χ0v) is 19.0. The number of hydrogen-bond donors (Lipinski definition) is 2. The van der Waals surface area contributed by atoms with E-state index in [-0.39, 0.29) is 23.6 Å². The summed E-state index contributed by atoms with van der Waals surface area (Å²) in [4.78, 5) is 13.6. The van der Waals surface area contributed by atoms with Gasteiger partial charge in [0.15, 0.2) is 17.3 Å². The molecule has 1 aliphatic rings. The molecular formula is C21H25N5O3S2. The molecule has 10 heteroatoms. The van der Waals surface area contributed by atoms with E-state index >= 15 is 0 Å². The van der Waals surface area contributed by atoms with Crippen LogP contribution in [0.25, 0.3) is 10.7 Å². The quantitative estimate of drug-likeness (QED) is 0.412. The molecule has 4 rings (SSSR count). The van der Waals surface area contributed by atoms with E-state index in [9.17, 15) is 4.79 Å². The Hall–Kier alpha value is -2.72. The summed E-state index contributed by atoms with van der Waals surface area (Å²) in [5, 5.41) is 13.8. The van der Waals surface area contributed by atoms with Crippen molar-refractivity contribution in [3.8, 4) is 22.2 Å². The van der Waals surface area contributed by atoms with E-state index in [2.05, 4.69) is 29.4 Å². The topological polar surface area (TPSA) is 104 Å². The van der Waals surface area contributed by atoms with Crippen molar-refractivity contribution >= 4 is 29.0 Å². The van der Waals surface area contributed by atoms with Crippen molar-refractivity contribution in [2.24, 2.45) is 5.92 Å². The first kappa shape index (κ1) is 21.5. The third-order valence-corrected chi connectivity index (χ3v) is 6.66. The molecule has 0 saturated carbocycles. The third-order valence-electron chi connectivity index (χ3n) is 4.85. The molecule has 8 nitrogen and oxygen atoms in total. The number of carbonyl (C=O) groups is 1. The standard InChI is InChI=1S/C21H25N5O3S2/c1-13(2)19(14-6-7-15-16(11-14)29-9-4-8-28-15)23-18(27)12-31-21-25-24-20(26(21)22)17-5-3-10-30-17/h3,5-7,10-11,13,19H,4,8-9,12,22H2,1-2H3,(H,23,27). The molecule has 164 valence electrons. The highest BCUT2D eigenvalue weighted by Crippen LogP contribution is 2.34. The molecule has 0 aliphatic carbocycles. The third kappa shape index (κ3) is 4.96. The minimum Gasteiger partial charge on any atom is -0.490 e. The summed E-state index contributed by atoms with van der Waals surface area (Å²) in [6.45, 7) is 5.42. The second-order valence-corrected chi connectivity index (χ2v) is 9.38. The van der Waals surface area contributed by atoms with Gasteiger partial charge in [0, 0.05) is 6.42 Å². The number of aromatic nitrogens is 3. The molecule has 3 heterocycles. The fraction of sp³-hybridized carbons (Fsp3) is 0.381. The van der Waals surface area contributed by atoms with Gasteiger partial charge in [0.25, 0.3) is 0 Å². The Labute approximate surface area is 189 Å². The first-order valence-electron chi connectivity index (χ1n) is 10.1. The summed E-state index contributed by atoms with van der Waals surface area (Å²) in [7, 11) is 0. The van der Waals surface area contributed by atoms with Crippen LogP contribution in [0.15, 0.2) is 40.9 Å². The predicted octanol–water partition coefficient (Wildman–Crippen LogP) is 3.49. The van der Waals surface area contributed by atoms with E-state index in [0.29, 0.717) is 24.2 Å². The van der Waals surface area contributed by atoms with Crippen LogP contribution in [0.5, 0.6) is 11.5 Å². The maximum Gasteiger partial charge on any atom is 0.230 e. The van der Waals surface area contributed by atoms with Gasteiger partial charge in [-0.2, -0.15) is 0 Å². The number of amides is 1. The van der Waals surface area contributed by atoms with Crippen LogP contribution in [0.3, 0.4) is 0 Å². The number of rotatable bonds is 7. The molecule has 1 atom stereocenters. The van der Waals surface area contributed by atoms with Gasteiger partial charge in [0.2, 0.25) is 11.1 Å². The van der Waals surface area contributed by atoms with E-state index in [4.69, 9.17) is 15.3 Å². The van der Waals surface area contributed by atoms with Gasteiger partial charge in [0.1, 0.15) is 0 Å². The number of nitrogens with two attached hydrogens (primary N) is 1. The summed E-state index contributed by atoms with van der Waals surface area (Å²) >= 11 is 2.80. The number of ether oxygens (including phenoxy) is 2. The number of nitrogen functional groups attached to an aromatic ring is 1. The highest BCUT2D eigenvalue weighted by molar-refractivity contribution is 7.99. The summed E-state index contributed by atoms with van der Waals surface area (Å²) in [6, 6.07) is 9.57. The maximum atomic E-state index is 12.7. The van der Waals surface area contributed by atoms with Gasteiger partial charge in [-0.05, 0) is 35.1 Å². The van der Waals surface area contributed by atoms with E-state index in [0.717, 1.165) is 28.4 Å². The van der Waals surface area contributed by atoms with Gasteiger partial charge in [-0.15, -0.1) is 21.5 Å². The molecule has 0 spiro atoms. The molecule has 2 aromatic heterocycles. The van der Waals surface area contributed by atoms with E-state index in [1.807, 2.05) is 35.7 Å². The van der Waals surface area contributed by atoms with Crippen molar-refractivity contribution < 1.29 is 14.3 Å². The molecular weight excluding hydrogens is 434 g/mol. The zero-order chi connectivity index (χ0) is 21.8. The van der Waals surface area contributed by atoms with Crippen LogP contribution in [0.2, 0.25) is 0 Å². The van der Waals surface area contributed by atoms with Gasteiger partial charge in [-0.1, -0.05) is 37.7 Å². The highest BCUT2D eigenvalue weighted by Gasteiger charge is 2.22. The van der Waals surface area contributed by atoms with Crippen LogP contribution >= 0.6 is 23.1 Å². The molecule has 1 aliphatic heterocycles. The Bertz CT molecular complexity index is 1040. The monoisotopic (exact) mass is 459 g/mol. The van der Waals surface area contributed by atoms with Crippen LogP contribution in [-0.4, -0.2) is 39.7 Å². The van der Waals surface area contributed by atoms with Crippen LogP contribution in [0.4, 0.5) is 0 Å². The Morgan fingerprint density at radius 2 is 2.06 bits per heavy atom. The van der Waals surface area contributed by atoms with Gasteiger partial charge in [-0.25, -0.2) is 4.68 Å². The molecule has 0 saturated heterocycles. The summed E-state index contributed by atoms with van der Waals surface area (Å²) in [6.07, 6.45) is 0.853. The number of thiophene rings is 1. The van der Waals surface area contributed by atoms with Crippen molar-refractivity contribution in [1.29, 1.82) is 0 Å². The number of benzene rings is 1. The molecule has 1 aromatic carbocycles. The van der Waals surface area contributed by atoms with Crippen molar-refractivity contribution in [2.45, 2.75) is 31.5 Å². The van der Waals surface area contributed by atoms with Crippen LogP contribution in [0, 0.1) is 5.92 Å². The van der Waals surface area contributed by atoms with Crippen molar-refractivity contribution in [3.05, 3.63) is 41.3 Å². The van der Waals surface area contributed by atoms with Crippen molar-refractivity contribution in [2.75, 3.05) is 24.8 Å². The maximum absolute atomic E-state index is 12.7. The molecule has 1 unspecified atom stereocenters. The summed E-state index contributed by atoms with van der Waals surface area (Å²) < 4.78 is 12.9. The second kappa shape index (κ2) is 9.61. The summed E-state index contributed by atoms with van der Waals surface area (Å²) in [5.74, 6) is 8.46. The number of nitrogens with zero attached hydrogens (tertiary/aromatic N) is 3. The largest absolute Gasteiger partial charge is 0.490 e. The molecule has 0 radical (unpaired) electrons. The number of hydrogen-bond acceptors (Lipinski definition) is 8. The Morgan fingerprint density at radius 3 is 2.81 bits per heavy atom. The van der Waals surface area contributed by atoms with Crippen LogP contribution in [-0.2, 0) is 4.79 Å². The van der Waals surface area contributed by atoms with Crippen LogP contribution in [0.1, 0.15) is 31.9 Å². The normalized spacial score (nSPS) is 14.3. The first-order valence-corrected chi connectivity index (χ1v) is 12.0.